The summed E-state index contributed by atoms with van der Waals surface area (Å²) in [5, 5.41) is 11.0. The molecule has 0 unspecified atom stereocenters. The molecule has 0 bridgehead atoms. The summed E-state index contributed by atoms with van der Waals surface area (Å²) < 4.78 is 31.4. The van der Waals surface area contributed by atoms with E-state index in [1.54, 1.807) is 11.8 Å². The van der Waals surface area contributed by atoms with E-state index in [9.17, 15) is 23.3 Å². The van der Waals surface area contributed by atoms with E-state index < -0.39 is 20.6 Å². The molecule has 1 fully saturated rings. The third-order valence-corrected chi connectivity index (χ3v) is 5.62. The summed E-state index contributed by atoms with van der Waals surface area (Å²) in [7, 11) is -3.95. The van der Waals surface area contributed by atoms with Gasteiger partial charge in [0.15, 0.2) is 4.90 Å². The molecular formula is C14H19N3O6S. The van der Waals surface area contributed by atoms with Crippen molar-refractivity contribution in [2.24, 2.45) is 0 Å². The van der Waals surface area contributed by atoms with E-state index in [1.165, 1.54) is 28.6 Å². The number of ether oxygens (including phenoxy) is 1. The summed E-state index contributed by atoms with van der Waals surface area (Å²) in [4.78, 5) is 23.3. The molecule has 1 aliphatic heterocycles. The minimum atomic E-state index is -3.95. The van der Waals surface area contributed by atoms with Gasteiger partial charge in [-0.25, -0.2) is 8.42 Å². The fourth-order valence-electron chi connectivity index (χ4n) is 2.48. The van der Waals surface area contributed by atoms with Crippen LogP contribution in [0, 0.1) is 10.1 Å². The van der Waals surface area contributed by atoms with Gasteiger partial charge in [0.05, 0.1) is 18.1 Å². The van der Waals surface area contributed by atoms with Crippen LogP contribution in [0.15, 0.2) is 29.2 Å². The van der Waals surface area contributed by atoms with Crippen molar-refractivity contribution in [1.29, 1.82) is 0 Å². The average Bonchev–Trinajstić information content (AvgIpc) is 2.55. The summed E-state index contributed by atoms with van der Waals surface area (Å²) in [6, 6.07) is 5.29. The van der Waals surface area contributed by atoms with E-state index in [0.717, 1.165) is 0 Å². The minimum Gasteiger partial charge on any atom is -0.465 e. The van der Waals surface area contributed by atoms with Gasteiger partial charge in [-0.15, -0.1) is 0 Å². The van der Waals surface area contributed by atoms with E-state index in [0.29, 0.717) is 19.7 Å². The molecule has 24 heavy (non-hydrogen) atoms. The van der Waals surface area contributed by atoms with Gasteiger partial charge in [-0.05, 0) is 13.0 Å². The Bertz CT molecular complexity index is 713. The lowest BCUT2D eigenvalue weighted by atomic mass is 10.3. The molecule has 1 aliphatic rings. The number of hydrogen-bond acceptors (Lipinski definition) is 7. The predicted octanol–water partition coefficient (Wildman–Crippen LogP) is 0.464. The van der Waals surface area contributed by atoms with Crippen molar-refractivity contribution in [1.82, 2.24) is 9.21 Å². The quantitative estimate of drug-likeness (QED) is 0.413. The Kier molecular flexibility index (Phi) is 5.86. The molecule has 9 nitrogen and oxygen atoms in total. The van der Waals surface area contributed by atoms with Gasteiger partial charge in [0.1, 0.15) is 0 Å². The zero-order valence-electron chi connectivity index (χ0n) is 13.3. The minimum absolute atomic E-state index is 0.104. The van der Waals surface area contributed by atoms with Gasteiger partial charge in [0, 0.05) is 32.2 Å². The van der Waals surface area contributed by atoms with Crippen molar-refractivity contribution >= 4 is 21.7 Å². The molecule has 0 aromatic heterocycles. The summed E-state index contributed by atoms with van der Waals surface area (Å²) in [6.45, 7) is 3.16. The highest BCUT2D eigenvalue weighted by Gasteiger charge is 2.33. The second-order valence-corrected chi connectivity index (χ2v) is 7.12. The predicted molar refractivity (Wildman–Crippen MR) is 84.9 cm³/mol. The largest absolute Gasteiger partial charge is 0.465 e. The number of carbonyl (C=O) groups is 1. The van der Waals surface area contributed by atoms with Gasteiger partial charge in [-0.2, -0.15) is 4.31 Å². The van der Waals surface area contributed by atoms with Gasteiger partial charge < -0.3 is 4.74 Å². The zero-order valence-corrected chi connectivity index (χ0v) is 14.1. The van der Waals surface area contributed by atoms with Crippen LogP contribution >= 0.6 is 0 Å². The number of rotatable bonds is 6. The van der Waals surface area contributed by atoms with Crippen LogP contribution in [0.4, 0.5) is 5.69 Å². The maximum atomic E-state index is 12.7. The maximum Gasteiger partial charge on any atom is 0.320 e. The summed E-state index contributed by atoms with van der Waals surface area (Å²) in [5.41, 5.74) is -0.438. The van der Waals surface area contributed by atoms with Crippen LogP contribution in [-0.4, -0.2) is 67.8 Å². The number of sulfonamides is 1. The standard InChI is InChI=1S/C14H19N3O6S/c1-2-23-14(18)11-15-7-9-16(10-8-15)24(21,22)13-6-4-3-5-12(13)17(19)20/h3-6H,2,7-11H2,1H3. The van der Waals surface area contributed by atoms with E-state index in [2.05, 4.69) is 0 Å². The van der Waals surface area contributed by atoms with Crippen LogP contribution in [0.3, 0.4) is 0 Å². The number of nitro groups is 1. The van der Waals surface area contributed by atoms with Crippen molar-refractivity contribution in [2.75, 3.05) is 39.3 Å². The monoisotopic (exact) mass is 357 g/mol. The molecule has 2 rings (SSSR count). The highest BCUT2D eigenvalue weighted by molar-refractivity contribution is 7.89. The molecule has 1 aromatic carbocycles. The number of nitro benzene ring substituents is 1. The first kappa shape index (κ1) is 18.3. The van der Waals surface area contributed by atoms with E-state index in [1.807, 2.05) is 0 Å². The van der Waals surface area contributed by atoms with Crippen LogP contribution in [0.1, 0.15) is 6.92 Å². The van der Waals surface area contributed by atoms with Crippen LogP contribution in [0.5, 0.6) is 0 Å². The van der Waals surface area contributed by atoms with Crippen LogP contribution in [0.2, 0.25) is 0 Å². The molecule has 1 aromatic rings. The molecule has 0 radical (unpaired) electrons. The Hall–Kier alpha value is -2.04. The highest BCUT2D eigenvalue weighted by atomic mass is 32.2. The first-order chi connectivity index (χ1) is 11.4. The number of piperazine rings is 1. The lowest BCUT2D eigenvalue weighted by Gasteiger charge is -2.33. The molecule has 0 amide bonds. The Labute approximate surface area is 140 Å². The van der Waals surface area contributed by atoms with Gasteiger partial charge >= 0.3 is 5.97 Å². The third kappa shape index (κ3) is 4.08. The summed E-state index contributed by atoms with van der Waals surface area (Å²) in [5.74, 6) is -0.354. The number of carbonyl (C=O) groups excluding carboxylic acids is 1. The van der Waals surface area contributed by atoms with Crippen molar-refractivity contribution in [2.45, 2.75) is 11.8 Å². The van der Waals surface area contributed by atoms with E-state index >= 15 is 0 Å². The fourth-order valence-corrected chi connectivity index (χ4v) is 4.06. The Morgan fingerprint density at radius 2 is 1.88 bits per heavy atom. The molecule has 0 aliphatic carbocycles. The Balaban J connectivity index is 2.08. The summed E-state index contributed by atoms with van der Waals surface area (Å²) in [6.07, 6.45) is 0. The zero-order chi connectivity index (χ0) is 17.7. The molecule has 0 N–H and O–H groups in total. The lowest BCUT2D eigenvalue weighted by Crippen LogP contribution is -2.50. The van der Waals surface area contributed by atoms with Crippen LogP contribution in [-0.2, 0) is 19.6 Å². The van der Waals surface area contributed by atoms with E-state index in [4.69, 9.17) is 4.74 Å². The van der Waals surface area contributed by atoms with Gasteiger partial charge in [0.25, 0.3) is 5.69 Å². The molecule has 1 saturated heterocycles. The van der Waals surface area contributed by atoms with Gasteiger partial charge in [-0.1, -0.05) is 12.1 Å². The Morgan fingerprint density at radius 1 is 1.25 bits per heavy atom. The number of nitrogens with zero attached hydrogens (tertiary/aromatic N) is 3. The molecule has 1 heterocycles. The van der Waals surface area contributed by atoms with Gasteiger partial charge in [-0.3, -0.25) is 19.8 Å². The fraction of sp³-hybridized carbons (Fsp3) is 0.500. The molecular weight excluding hydrogens is 338 g/mol. The number of benzene rings is 1. The molecule has 10 heteroatoms. The molecule has 0 atom stereocenters. The number of esters is 1. The SMILES string of the molecule is CCOC(=O)CN1CCN(S(=O)(=O)c2ccccc2[N+](=O)[O-])CC1. The molecule has 0 spiro atoms. The third-order valence-electron chi connectivity index (χ3n) is 3.67. The smallest absolute Gasteiger partial charge is 0.320 e. The van der Waals surface area contributed by atoms with Crippen molar-refractivity contribution < 1.29 is 22.9 Å². The topological polar surface area (TPSA) is 110 Å². The van der Waals surface area contributed by atoms with Crippen molar-refractivity contribution in [3.63, 3.8) is 0 Å². The average molecular weight is 357 g/mol. The van der Waals surface area contributed by atoms with E-state index in [-0.39, 0.29) is 30.5 Å². The van der Waals surface area contributed by atoms with Crippen molar-refractivity contribution in [3.8, 4) is 0 Å². The van der Waals surface area contributed by atoms with Crippen LogP contribution in [0.25, 0.3) is 0 Å². The van der Waals surface area contributed by atoms with Crippen LogP contribution < -0.4 is 0 Å². The molecule has 0 saturated carbocycles. The Morgan fingerprint density at radius 3 is 2.46 bits per heavy atom. The van der Waals surface area contributed by atoms with Crippen molar-refractivity contribution in [3.05, 3.63) is 34.4 Å². The molecule has 132 valence electrons. The highest BCUT2D eigenvalue weighted by Crippen LogP contribution is 2.26. The number of para-hydroxylation sites is 1. The van der Waals surface area contributed by atoms with Gasteiger partial charge in [0.2, 0.25) is 10.0 Å². The first-order valence-electron chi connectivity index (χ1n) is 7.47. The number of hydrogen-bond donors (Lipinski definition) is 0. The second kappa shape index (κ2) is 7.69. The summed E-state index contributed by atoms with van der Waals surface area (Å²) >= 11 is 0. The first-order valence-corrected chi connectivity index (χ1v) is 8.91. The normalized spacial score (nSPS) is 16.7. The maximum absolute atomic E-state index is 12.7. The second-order valence-electron chi connectivity index (χ2n) is 5.21. The lowest BCUT2D eigenvalue weighted by molar-refractivity contribution is -0.387.